The second-order valence-corrected chi connectivity index (χ2v) is 8.97. The van der Waals surface area contributed by atoms with Crippen LogP contribution in [0.15, 0.2) is 12.7 Å². The number of nitrogens with one attached hydrogen (secondary N) is 2. The maximum Gasteiger partial charge on any atom is 0.252 e. The summed E-state index contributed by atoms with van der Waals surface area (Å²) in [5.74, 6) is 2.05. The number of likely N-dealkylation sites (N-methyl/N-ethyl adjacent to an activating group) is 1. The number of nitrogens with zero attached hydrogens (tertiary/aromatic N) is 4. The van der Waals surface area contributed by atoms with Gasteiger partial charge < -0.3 is 30.3 Å². The highest BCUT2D eigenvalue weighted by atomic mass is 16.6. The molecule has 0 spiro atoms. The lowest BCUT2D eigenvalue weighted by atomic mass is 9.89. The molecule has 4 N–H and O–H groups in total. The highest BCUT2D eigenvalue weighted by molar-refractivity contribution is 5.83. The van der Waals surface area contributed by atoms with Crippen molar-refractivity contribution in [1.29, 1.82) is 0 Å². The van der Waals surface area contributed by atoms with Gasteiger partial charge in [-0.05, 0) is 37.5 Å². The SMILES string of the molecule is CCNC(=O)[C@H]1OC(n2cnc3c(NCC4CC5CC4C4OC54)ncnc32)[C@H](O)[C@@H]1O. The Hall–Kier alpha value is -2.34. The zero-order chi connectivity index (χ0) is 21.3. The van der Waals surface area contributed by atoms with E-state index in [-0.39, 0.29) is 0 Å². The Morgan fingerprint density at radius 3 is 2.84 bits per heavy atom. The summed E-state index contributed by atoms with van der Waals surface area (Å²) in [4.78, 5) is 25.2. The van der Waals surface area contributed by atoms with Gasteiger partial charge in [-0.2, -0.15) is 0 Å². The molecule has 0 radical (unpaired) electrons. The molecule has 31 heavy (non-hydrogen) atoms. The summed E-state index contributed by atoms with van der Waals surface area (Å²) in [6.45, 7) is 2.97. The summed E-state index contributed by atoms with van der Waals surface area (Å²) in [6.07, 6.45) is 1.56. The molecule has 2 bridgehead atoms. The molecule has 2 saturated carbocycles. The molecule has 9 atom stereocenters. The van der Waals surface area contributed by atoms with Gasteiger partial charge in [0.2, 0.25) is 0 Å². The molecule has 11 nitrogen and oxygen atoms in total. The molecule has 2 aromatic rings. The van der Waals surface area contributed by atoms with E-state index >= 15 is 0 Å². The van der Waals surface area contributed by atoms with Crippen LogP contribution in [-0.4, -0.2) is 79.2 Å². The van der Waals surface area contributed by atoms with Crippen LogP contribution in [0.5, 0.6) is 0 Å². The van der Waals surface area contributed by atoms with E-state index in [0.717, 1.165) is 6.54 Å². The van der Waals surface area contributed by atoms with Crippen LogP contribution in [0.25, 0.3) is 11.2 Å². The molecule has 11 heteroatoms. The highest BCUT2D eigenvalue weighted by Crippen LogP contribution is 2.58. The van der Waals surface area contributed by atoms with E-state index in [4.69, 9.17) is 9.47 Å². The Balaban J connectivity index is 1.21. The first-order valence-corrected chi connectivity index (χ1v) is 10.9. The van der Waals surface area contributed by atoms with Crippen molar-refractivity contribution in [2.45, 2.75) is 56.5 Å². The molecule has 6 unspecified atom stereocenters. The van der Waals surface area contributed by atoms with Crippen molar-refractivity contribution < 1.29 is 24.5 Å². The molecule has 2 aliphatic carbocycles. The van der Waals surface area contributed by atoms with Gasteiger partial charge in [0.25, 0.3) is 5.91 Å². The quantitative estimate of drug-likeness (QED) is 0.442. The second kappa shape index (κ2) is 7.09. The van der Waals surface area contributed by atoms with E-state index in [0.29, 0.717) is 53.5 Å². The number of fused-ring (bicyclic) bond motifs is 6. The smallest absolute Gasteiger partial charge is 0.252 e. The zero-order valence-electron chi connectivity index (χ0n) is 17.1. The Morgan fingerprint density at radius 2 is 2.06 bits per heavy atom. The monoisotopic (exact) mass is 430 g/mol. The number of imidazole rings is 1. The largest absolute Gasteiger partial charge is 0.387 e. The number of ether oxygens (including phenoxy) is 2. The van der Waals surface area contributed by atoms with Crippen LogP contribution in [0, 0.1) is 17.8 Å². The van der Waals surface area contributed by atoms with Crippen molar-refractivity contribution in [3.8, 4) is 0 Å². The minimum atomic E-state index is -1.35. The fourth-order valence-corrected chi connectivity index (χ4v) is 5.74. The van der Waals surface area contributed by atoms with E-state index in [1.807, 2.05) is 0 Å². The van der Waals surface area contributed by atoms with Crippen LogP contribution in [0.1, 0.15) is 26.0 Å². The third kappa shape index (κ3) is 2.94. The van der Waals surface area contributed by atoms with Gasteiger partial charge in [0.05, 0.1) is 18.5 Å². The topological polar surface area (TPSA) is 147 Å². The Kier molecular flexibility index (Phi) is 4.43. The van der Waals surface area contributed by atoms with Gasteiger partial charge >= 0.3 is 0 Å². The summed E-state index contributed by atoms with van der Waals surface area (Å²) in [5, 5.41) is 26.8. The molecule has 2 aromatic heterocycles. The lowest BCUT2D eigenvalue weighted by Gasteiger charge is -2.20. The molecule has 6 rings (SSSR count). The number of epoxide rings is 1. The standard InChI is InChI=1S/C20H26N6O5/c1-2-21-19(29)16-12(27)13(28)20(31-16)26-7-25-11-17(23-6-24-18(11)26)22-5-9-3-8-4-10(9)15-14(8)30-15/h6-10,12-16,20,27-28H,2-5H2,1H3,(H,21,29)(H,22,23,24)/t8?,9?,10?,12-,13+,14?,15?,16-,20?/m0/s1. The van der Waals surface area contributed by atoms with Crippen LogP contribution < -0.4 is 10.6 Å². The molecule has 4 fully saturated rings. The van der Waals surface area contributed by atoms with E-state index in [1.54, 1.807) is 6.92 Å². The lowest BCUT2D eigenvalue weighted by Crippen LogP contribution is -2.42. The van der Waals surface area contributed by atoms with Gasteiger partial charge in [-0.3, -0.25) is 9.36 Å². The molecule has 166 valence electrons. The fraction of sp³-hybridized carbons (Fsp3) is 0.700. The molecular weight excluding hydrogens is 404 g/mol. The van der Waals surface area contributed by atoms with Gasteiger partial charge in [-0.1, -0.05) is 0 Å². The zero-order valence-corrected chi connectivity index (χ0v) is 17.1. The first-order chi connectivity index (χ1) is 15.1. The van der Waals surface area contributed by atoms with Gasteiger partial charge in [0, 0.05) is 13.1 Å². The second-order valence-electron chi connectivity index (χ2n) is 8.97. The molecule has 2 saturated heterocycles. The number of anilines is 1. The van der Waals surface area contributed by atoms with Crippen LogP contribution in [0.4, 0.5) is 5.82 Å². The molecule has 1 amide bonds. The molecule has 0 aromatic carbocycles. The Bertz CT molecular complexity index is 1020. The number of aliphatic hydroxyl groups is 2. The molecule has 4 heterocycles. The number of rotatable bonds is 6. The molecule has 2 aliphatic heterocycles. The lowest BCUT2D eigenvalue weighted by molar-refractivity contribution is -0.137. The van der Waals surface area contributed by atoms with Crippen molar-refractivity contribution in [2.75, 3.05) is 18.4 Å². The number of carbonyl (C=O) groups is 1. The van der Waals surface area contributed by atoms with Crippen molar-refractivity contribution in [3.63, 3.8) is 0 Å². The van der Waals surface area contributed by atoms with Gasteiger partial charge in [-0.25, -0.2) is 15.0 Å². The summed E-state index contributed by atoms with van der Waals surface area (Å²) < 4.78 is 13.0. The van der Waals surface area contributed by atoms with Crippen LogP contribution in [0.2, 0.25) is 0 Å². The first kappa shape index (κ1) is 19.4. The normalized spacial score (nSPS) is 40.3. The number of aromatic nitrogens is 4. The van der Waals surface area contributed by atoms with Crippen molar-refractivity contribution in [2.24, 2.45) is 17.8 Å². The fourth-order valence-electron chi connectivity index (χ4n) is 5.74. The van der Waals surface area contributed by atoms with Gasteiger partial charge in [0.1, 0.15) is 18.5 Å². The van der Waals surface area contributed by atoms with E-state index in [1.165, 1.54) is 30.1 Å². The predicted molar refractivity (Wildman–Crippen MR) is 107 cm³/mol. The number of hydrogen-bond acceptors (Lipinski definition) is 9. The molecule has 4 aliphatic rings. The summed E-state index contributed by atoms with van der Waals surface area (Å²) >= 11 is 0. The van der Waals surface area contributed by atoms with Crippen molar-refractivity contribution in [3.05, 3.63) is 12.7 Å². The van der Waals surface area contributed by atoms with Gasteiger partial charge in [0.15, 0.2) is 29.3 Å². The maximum atomic E-state index is 12.1. The number of hydrogen-bond donors (Lipinski definition) is 4. The Morgan fingerprint density at radius 1 is 1.19 bits per heavy atom. The Labute approximate surface area is 178 Å². The highest BCUT2D eigenvalue weighted by Gasteiger charge is 2.62. The number of amides is 1. The predicted octanol–water partition coefficient (Wildman–Crippen LogP) is -0.583. The number of aliphatic hydroxyl groups excluding tert-OH is 2. The molecular formula is C20H26N6O5. The maximum absolute atomic E-state index is 12.1. The summed E-state index contributed by atoms with van der Waals surface area (Å²) in [5.41, 5.74) is 1.02. The third-order valence-corrected chi connectivity index (χ3v) is 7.25. The minimum Gasteiger partial charge on any atom is -0.387 e. The van der Waals surface area contributed by atoms with Crippen molar-refractivity contribution >= 4 is 22.9 Å². The summed E-state index contributed by atoms with van der Waals surface area (Å²) in [7, 11) is 0. The van der Waals surface area contributed by atoms with E-state index < -0.39 is 30.4 Å². The van der Waals surface area contributed by atoms with Crippen LogP contribution >= 0.6 is 0 Å². The average molecular weight is 430 g/mol. The van der Waals surface area contributed by atoms with Crippen LogP contribution in [0.3, 0.4) is 0 Å². The number of carbonyl (C=O) groups excluding carboxylic acids is 1. The summed E-state index contributed by atoms with van der Waals surface area (Å²) in [6, 6.07) is 0. The third-order valence-electron chi connectivity index (χ3n) is 7.25. The minimum absolute atomic E-state index is 0.401. The van der Waals surface area contributed by atoms with E-state index in [9.17, 15) is 15.0 Å². The first-order valence-electron chi connectivity index (χ1n) is 10.9. The van der Waals surface area contributed by atoms with Crippen molar-refractivity contribution in [1.82, 2.24) is 24.8 Å². The average Bonchev–Trinajstić information content (AvgIpc) is 3.03. The van der Waals surface area contributed by atoms with Crippen LogP contribution in [-0.2, 0) is 14.3 Å². The van der Waals surface area contributed by atoms with E-state index in [2.05, 4.69) is 25.6 Å². The van der Waals surface area contributed by atoms with Gasteiger partial charge in [-0.15, -0.1) is 0 Å².